The molecule has 1 aromatic carbocycles. The Morgan fingerprint density at radius 3 is 2.27 bits per heavy atom. The van der Waals surface area contributed by atoms with Crippen molar-refractivity contribution in [2.24, 2.45) is 0 Å². The van der Waals surface area contributed by atoms with E-state index in [0.29, 0.717) is 32.7 Å². The first-order chi connectivity index (χ1) is 17.5. The van der Waals surface area contributed by atoms with Crippen molar-refractivity contribution in [2.75, 3.05) is 41.3 Å². The number of hydrogen-bond acceptors (Lipinski definition) is 8. The van der Waals surface area contributed by atoms with Crippen LogP contribution in [0, 0.1) is 0 Å². The summed E-state index contributed by atoms with van der Waals surface area (Å²) >= 11 is 0. The summed E-state index contributed by atoms with van der Waals surface area (Å²) < 4.78 is 40.0. The van der Waals surface area contributed by atoms with Gasteiger partial charge in [-0.1, -0.05) is 39.0 Å². The molecule has 0 spiro atoms. The number of carbonyl (C=O) groups is 1. The minimum Gasteiger partial charge on any atom is -0.497 e. The summed E-state index contributed by atoms with van der Waals surface area (Å²) in [4.78, 5) is 11.8. The third kappa shape index (κ3) is 12.6. The molecule has 0 aliphatic heterocycles. The van der Waals surface area contributed by atoms with Crippen molar-refractivity contribution in [3.63, 3.8) is 0 Å². The van der Waals surface area contributed by atoms with Crippen molar-refractivity contribution in [1.29, 1.82) is 0 Å². The predicted octanol–water partition coefficient (Wildman–Crippen LogP) is 5.51. The highest BCUT2D eigenvalue weighted by Gasteiger charge is 2.40. The Morgan fingerprint density at radius 2 is 1.73 bits per heavy atom. The summed E-state index contributed by atoms with van der Waals surface area (Å²) in [6, 6.07) is 7.75. The van der Waals surface area contributed by atoms with Gasteiger partial charge in [0.25, 0.3) is 0 Å². The van der Waals surface area contributed by atoms with Crippen LogP contribution in [0.1, 0.15) is 46.1 Å². The largest absolute Gasteiger partial charge is 0.497 e. The Bertz CT molecular complexity index is 788. The molecular weight excluding hydrogens is 492 g/mol. The van der Waals surface area contributed by atoms with E-state index in [1.54, 1.807) is 28.3 Å². The normalized spacial score (nSPS) is 14.9. The third-order valence-corrected chi connectivity index (χ3v) is 11.1. The van der Waals surface area contributed by atoms with Gasteiger partial charge in [-0.2, -0.15) is 0 Å². The number of rotatable bonds is 18. The van der Waals surface area contributed by atoms with Crippen LogP contribution < -0.4 is 4.74 Å². The minimum atomic E-state index is -2.09. The van der Waals surface area contributed by atoms with Gasteiger partial charge in [0.05, 0.1) is 39.1 Å². The van der Waals surface area contributed by atoms with E-state index in [2.05, 4.69) is 33.9 Å². The van der Waals surface area contributed by atoms with E-state index in [0.717, 1.165) is 11.3 Å². The molecule has 1 rings (SSSR count). The molecule has 0 amide bonds. The fraction of sp³-hybridized carbons (Fsp3) is 0.679. The van der Waals surface area contributed by atoms with E-state index in [9.17, 15) is 4.79 Å². The Morgan fingerprint density at radius 1 is 1.05 bits per heavy atom. The highest BCUT2D eigenvalue weighted by Crippen LogP contribution is 2.38. The van der Waals surface area contributed by atoms with Crippen molar-refractivity contribution < 1.29 is 37.6 Å². The molecule has 37 heavy (non-hydrogen) atoms. The Labute approximate surface area is 224 Å². The Kier molecular flexibility index (Phi) is 15.3. The molecule has 0 N–H and O–H groups in total. The van der Waals surface area contributed by atoms with Crippen molar-refractivity contribution in [2.45, 2.75) is 83.6 Å². The SMILES string of the molecule is CCOC(=O)/C=C\C[C@H](C[C@@H](OC)[C@@H](COCc1ccc(OC)cc1)OCOC)O[Si](C)(C)C(C)(C)C. The van der Waals surface area contributed by atoms with Crippen LogP contribution in [0.3, 0.4) is 0 Å². The van der Waals surface area contributed by atoms with Gasteiger partial charge in [-0.3, -0.25) is 0 Å². The summed E-state index contributed by atoms with van der Waals surface area (Å²) in [7, 11) is 2.80. The molecule has 0 radical (unpaired) electrons. The van der Waals surface area contributed by atoms with E-state index in [-0.39, 0.29) is 36.1 Å². The maximum Gasteiger partial charge on any atom is 0.330 e. The number of esters is 1. The molecule has 0 aromatic heterocycles. The molecule has 8 nitrogen and oxygen atoms in total. The molecule has 0 saturated heterocycles. The molecule has 0 aliphatic rings. The quantitative estimate of drug-likeness (QED) is 0.104. The first-order valence-electron chi connectivity index (χ1n) is 12.8. The highest BCUT2D eigenvalue weighted by molar-refractivity contribution is 6.74. The summed E-state index contributed by atoms with van der Waals surface area (Å²) in [5, 5.41) is 0.0338. The van der Waals surface area contributed by atoms with Crippen LogP contribution in [-0.2, 0) is 39.5 Å². The molecule has 1 aromatic rings. The Balaban J connectivity index is 2.96. The lowest BCUT2D eigenvalue weighted by molar-refractivity contribution is -0.150. The number of benzene rings is 1. The van der Waals surface area contributed by atoms with E-state index < -0.39 is 8.32 Å². The zero-order chi connectivity index (χ0) is 27.9. The first kappa shape index (κ1) is 33.3. The molecular formula is C28H48O8Si. The van der Waals surface area contributed by atoms with Gasteiger partial charge in [0, 0.05) is 26.7 Å². The summed E-state index contributed by atoms with van der Waals surface area (Å²) in [6.45, 7) is 14.0. The lowest BCUT2D eigenvalue weighted by Crippen LogP contribution is -2.46. The topological polar surface area (TPSA) is 81.7 Å². The second-order valence-electron chi connectivity index (χ2n) is 10.4. The summed E-state index contributed by atoms with van der Waals surface area (Å²) in [5.41, 5.74) is 1.03. The van der Waals surface area contributed by atoms with Crippen LogP contribution in [0.25, 0.3) is 0 Å². The molecule has 9 heteroatoms. The molecule has 0 bridgehead atoms. The first-order valence-corrected chi connectivity index (χ1v) is 15.7. The second-order valence-corrected chi connectivity index (χ2v) is 15.1. The smallest absolute Gasteiger partial charge is 0.330 e. The lowest BCUT2D eigenvalue weighted by Gasteiger charge is -2.40. The van der Waals surface area contributed by atoms with Gasteiger partial charge in [0.1, 0.15) is 18.6 Å². The minimum absolute atomic E-state index is 0.0338. The van der Waals surface area contributed by atoms with Crippen molar-refractivity contribution in [1.82, 2.24) is 0 Å². The maximum atomic E-state index is 11.8. The van der Waals surface area contributed by atoms with Crippen LogP contribution >= 0.6 is 0 Å². The average Bonchev–Trinajstić information content (AvgIpc) is 2.84. The number of methoxy groups -OCH3 is 3. The van der Waals surface area contributed by atoms with Gasteiger partial charge in [-0.25, -0.2) is 4.79 Å². The van der Waals surface area contributed by atoms with Crippen LogP contribution in [0.5, 0.6) is 5.75 Å². The second kappa shape index (κ2) is 17.0. The van der Waals surface area contributed by atoms with E-state index in [4.69, 9.17) is 32.8 Å². The monoisotopic (exact) mass is 540 g/mol. The van der Waals surface area contributed by atoms with E-state index in [1.807, 2.05) is 30.3 Å². The molecule has 0 saturated carbocycles. The standard InChI is InChI=1S/C28H48O8Si/c1-10-34-27(29)13-11-12-24(36-37(8,9)28(2,3)4)18-25(32-7)26(35-21-30-5)20-33-19-22-14-16-23(31-6)17-15-22/h11,13-17,24-26H,10,12,18-21H2,1-9H3/b13-11-/t24-,25-,26-/m1/s1. The van der Waals surface area contributed by atoms with E-state index >= 15 is 0 Å². The molecule has 0 fully saturated rings. The molecule has 0 aliphatic carbocycles. The lowest BCUT2D eigenvalue weighted by atomic mass is 10.0. The van der Waals surface area contributed by atoms with Crippen LogP contribution in [-0.4, -0.2) is 73.9 Å². The molecule has 0 unspecified atom stereocenters. The molecule has 212 valence electrons. The predicted molar refractivity (Wildman–Crippen MR) is 147 cm³/mol. The fourth-order valence-corrected chi connectivity index (χ4v) is 4.76. The zero-order valence-corrected chi connectivity index (χ0v) is 25.2. The van der Waals surface area contributed by atoms with Gasteiger partial charge in [0.15, 0.2) is 8.32 Å². The fourth-order valence-electron chi connectivity index (χ4n) is 3.38. The third-order valence-electron chi connectivity index (χ3n) is 6.53. The number of carbonyl (C=O) groups excluding carboxylic acids is 1. The van der Waals surface area contributed by atoms with Crippen molar-refractivity contribution in [3.05, 3.63) is 42.0 Å². The van der Waals surface area contributed by atoms with Gasteiger partial charge < -0.3 is 32.8 Å². The van der Waals surface area contributed by atoms with Gasteiger partial charge in [0.2, 0.25) is 0 Å². The van der Waals surface area contributed by atoms with Crippen LogP contribution in [0.15, 0.2) is 36.4 Å². The molecule has 3 atom stereocenters. The van der Waals surface area contributed by atoms with Crippen molar-refractivity contribution in [3.8, 4) is 5.75 Å². The highest BCUT2D eigenvalue weighted by atomic mass is 28.4. The maximum absolute atomic E-state index is 11.8. The van der Waals surface area contributed by atoms with Crippen molar-refractivity contribution >= 4 is 14.3 Å². The average molecular weight is 541 g/mol. The Hall–Kier alpha value is -1.75. The molecule has 0 heterocycles. The van der Waals surface area contributed by atoms with E-state index in [1.165, 1.54) is 6.08 Å². The van der Waals surface area contributed by atoms with Crippen LogP contribution in [0.2, 0.25) is 18.1 Å². The van der Waals surface area contributed by atoms with Gasteiger partial charge >= 0.3 is 5.97 Å². The number of ether oxygens (including phenoxy) is 6. The van der Waals surface area contributed by atoms with Gasteiger partial charge in [-0.15, -0.1) is 0 Å². The summed E-state index contributed by atoms with van der Waals surface area (Å²) in [6.07, 6.45) is 3.54. The van der Waals surface area contributed by atoms with Gasteiger partial charge in [-0.05, 0) is 49.2 Å². The van der Waals surface area contributed by atoms with Crippen LogP contribution in [0.4, 0.5) is 0 Å². The summed E-state index contributed by atoms with van der Waals surface area (Å²) in [5.74, 6) is 0.444. The number of hydrogen-bond donors (Lipinski definition) is 0. The zero-order valence-electron chi connectivity index (χ0n) is 24.2.